The third kappa shape index (κ3) is 4.36. The van der Waals surface area contributed by atoms with Crippen LogP contribution in [0, 0.1) is 0 Å². The number of halogens is 1. The van der Waals surface area contributed by atoms with Crippen molar-refractivity contribution in [2.24, 2.45) is 0 Å². The Morgan fingerprint density at radius 1 is 1.20 bits per heavy atom. The highest BCUT2D eigenvalue weighted by molar-refractivity contribution is 6.31. The predicted octanol–water partition coefficient (Wildman–Crippen LogP) is 3.26. The number of nitrogens with zero attached hydrogens (tertiary/aromatic N) is 2. The number of amides is 1. The number of methoxy groups -OCH3 is 1. The van der Waals surface area contributed by atoms with E-state index < -0.39 is 0 Å². The van der Waals surface area contributed by atoms with Crippen LogP contribution in [-0.4, -0.2) is 23.2 Å². The number of ether oxygens (including phenoxy) is 1. The summed E-state index contributed by atoms with van der Waals surface area (Å²) in [7, 11) is 1.60. The molecule has 1 N–H and O–H groups in total. The summed E-state index contributed by atoms with van der Waals surface area (Å²) < 4.78 is 10.3. The minimum Gasteiger partial charge on any atom is -0.497 e. The number of benzene rings is 2. The van der Waals surface area contributed by atoms with Gasteiger partial charge < -0.3 is 14.6 Å². The SMILES string of the molecule is COc1ccc(-c2noc(CNC(=O)Cc3ccccc3Cl)n2)cc1. The Bertz CT molecular complexity index is 862. The van der Waals surface area contributed by atoms with E-state index >= 15 is 0 Å². The van der Waals surface area contributed by atoms with Crippen LogP contribution in [0.25, 0.3) is 11.4 Å². The number of nitrogens with one attached hydrogen (secondary N) is 1. The van der Waals surface area contributed by atoms with Crippen molar-refractivity contribution in [3.8, 4) is 17.1 Å². The molecule has 3 aromatic rings. The van der Waals surface area contributed by atoms with Gasteiger partial charge in [-0.15, -0.1) is 0 Å². The summed E-state index contributed by atoms with van der Waals surface area (Å²) in [6.07, 6.45) is 0.194. The quantitative estimate of drug-likeness (QED) is 0.732. The normalized spacial score (nSPS) is 10.5. The number of carbonyl (C=O) groups excluding carboxylic acids is 1. The number of aromatic nitrogens is 2. The lowest BCUT2D eigenvalue weighted by Gasteiger charge is -2.04. The molecule has 0 aliphatic heterocycles. The summed E-state index contributed by atoms with van der Waals surface area (Å²) >= 11 is 6.05. The van der Waals surface area contributed by atoms with Gasteiger partial charge in [-0.1, -0.05) is 35.0 Å². The summed E-state index contributed by atoms with van der Waals surface area (Å²) in [5.74, 6) is 1.37. The zero-order valence-corrected chi connectivity index (χ0v) is 14.3. The fourth-order valence-electron chi connectivity index (χ4n) is 2.24. The Hall–Kier alpha value is -2.86. The molecule has 0 spiro atoms. The van der Waals surface area contributed by atoms with Crippen molar-refractivity contribution in [3.05, 3.63) is 65.0 Å². The van der Waals surface area contributed by atoms with E-state index in [2.05, 4.69) is 15.5 Å². The van der Waals surface area contributed by atoms with Gasteiger partial charge in [0, 0.05) is 10.6 Å². The molecule has 2 aromatic carbocycles. The Morgan fingerprint density at radius 2 is 1.96 bits per heavy atom. The second-order valence-electron chi connectivity index (χ2n) is 5.29. The lowest BCUT2D eigenvalue weighted by molar-refractivity contribution is -0.120. The summed E-state index contributed by atoms with van der Waals surface area (Å²) in [6, 6.07) is 14.5. The number of carbonyl (C=O) groups is 1. The molecule has 0 fully saturated rings. The lowest BCUT2D eigenvalue weighted by Crippen LogP contribution is -2.24. The Kier molecular flexibility index (Phi) is 5.30. The first-order valence-corrected chi connectivity index (χ1v) is 8.00. The smallest absolute Gasteiger partial charge is 0.246 e. The Labute approximate surface area is 149 Å². The van der Waals surface area contributed by atoms with Crippen LogP contribution in [0.3, 0.4) is 0 Å². The van der Waals surface area contributed by atoms with Crippen molar-refractivity contribution in [2.75, 3.05) is 7.11 Å². The second kappa shape index (κ2) is 7.81. The molecule has 0 bridgehead atoms. The van der Waals surface area contributed by atoms with Gasteiger partial charge in [-0.2, -0.15) is 4.98 Å². The van der Waals surface area contributed by atoms with E-state index in [0.29, 0.717) is 16.7 Å². The van der Waals surface area contributed by atoms with E-state index in [-0.39, 0.29) is 18.9 Å². The van der Waals surface area contributed by atoms with Crippen molar-refractivity contribution < 1.29 is 14.1 Å². The van der Waals surface area contributed by atoms with Gasteiger partial charge in [-0.05, 0) is 35.9 Å². The van der Waals surface area contributed by atoms with Crippen LogP contribution in [0.2, 0.25) is 5.02 Å². The summed E-state index contributed by atoms with van der Waals surface area (Å²) in [5, 5.41) is 7.23. The van der Waals surface area contributed by atoms with Crippen LogP contribution in [0.1, 0.15) is 11.5 Å². The molecule has 6 nitrogen and oxygen atoms in total. The monoisotopic (exact) mass is 357 g/mol. The van der Waals surface area contributed by atoms with E-state index in [1.54, 1.807) is 13.2 Å². The topological polar surface area (TPSA) is 77.3 Å². The van der Waals surface area contributed by atoms with Gasteiger partial charge in [-0.25, -0.2) is 0 Å². The molecular formula is C18H16ClN3O3. The standard InChI is InChI=1S/C18H16ClN3O3/c1-24-14-8-6-12(7-9-14)18-21-17(25-22-18)11-20-16(23)10-13-4-2-3-5-15(13)19/h2-9H,10-11H2,1H3,(H,20,23). The molecule has 1 heterocycles. The summed E-state index contributed by atoms with van der Waals surface area (Å²) in [4.78, 5) is 16.3. The number of hydrogen-bond acceptors (Lipinski definition) is 5. The molecule has 25 heavy (non-hydrogen) atoms. The van der Waals surface area contributed by atoms with Crippen LogP contribution in [-0.2, 0) is 17.8 Å². The van der Waals surface area contributed by atoms with E-state index in [4.69, 9.17) is 20.9 Å². The maximum atomic E-state index is 12.0. The van der Waals surface area contributed by atoms with Crippen molar-refractivity contribution in [1.29, 1.82) is 0 Å². The van der Waals surface area contributed by atoms with Gasteiger partial charge >= 0.3 is 0 Å². The van der Waals surface area contributed by atoms with E-state index in [1.165, 1.54) is 0 Å². The molecule has 0 aliphatic carbocycles. The number of rotatable bonds is 6. The third-order valence-electron chi connectivity index (χ3n) is 3.56. The molecular weight excluding hydrogens is 342 g/mol. The fraction of sp³-hybridized carbons (Fsp3) is 0.167. The zero-order valence-electron chi connectivity index (χ0n) is 13.5. The van der Waals surface area contributed by atoms with E-state index in [0.717, 1.165) is 16.9 Å². The van der Waals surface area contributed by atoms with Gasteiger partial charge in [0.05, 0.1) is 20.1 Å². The molecule has 3 rings (SSSR count). The van der Waals surface area contributed by atoms with Crippen LogP contribution >= 0.6 is 11.6 Å². The number of hydrogen-bond donors (Lipinski definition) is 1. The second-order valence-corrected chi connectivity index (χ2v) is 5.69. The first-order chi connectivity index (χ1) is 12.2. The first kappa shape index (κ1) is 17.0. The molecule has 1 amide bonds. The van der Waals surface area contributed by atoms with Crippen LogP contribution in [0.4, 0.5) is 0 Å². The molecule has 128 valence electrons. The van der Waals surface area contributed by atoms with Crippen molar-refractivity contribution >= 4 is 17.5 Å². The molecule has 0 saturated heterocycles. The average Bonchev–Trinajstić information content (AvgIpc) is 3.11. The zero-order chi connectivity index (χ0) is 17.6. The van der Waals surface area contributed by atoms with Crippen LogP contribution in [0.5, 0.6) is 5.75 Å². The van der Waals surface area contributed by atoms with Gasteiger partial charge in [0.25, 0.3) is 0 Å². The maximum absolute atomic E-state index is 12.0. The Morgan fingerprint density at radius 3 is 2.68 bits per heavy atom. The minimum absolute atomic E-state index is 0.159. The summed E-state index contributed by atoms with van der Waals surface area (Å²) in [6.45, 7) is 0.159. The van der Waals surface area contributed by atoms with Gasteiger partial charge in [0.15, 0.2) is 0 Å². The van der Waals surface area contributed by atoms with Crippen LogP contribution in [0.15, 0.2) is 53.1 Å². The van der Waals surface area contributed by atoms with Gasteiger partial charge in [0.2, 0.25) is 17.6 Å². The predicted molar refractivity (Wildman–Crippen MR) is 93.3 cm³/mol. The van der Waals surface area contributed by atoms with Crippen LogP contribution < -0.4 is 10.1 Å². The van der Waals surface area contributed by atoms with Gasteiger partial charge in [-0.3, -0.25) is 4.79 Å². The highest BCUT2D eigenvalue weighted by Crippen LogP contribution is 2.19. The first-order valence-electron chi connectivity index (χ1n) is 7.63. The molecule has 1 aromatic heterocycles. The van der Waals surface area contributed by atoms with E-state index in [9.17, 15) is 4.79 Å². The molecule has 0 radical (unpaired) electrons. The largest absolute Gasteiger partial charge is 0.497 e. The lowest BCUT2D eigenvalue weighted by atomic mass is 10.1. The molecule has 0 atom stereocenters. The fourth-order valence-corrected chi connectivity index (χ4v) is 2.44. The third-order valence-corrected chi connectivity index (χ3v) is 3.93. The average molecular weight is 358 g/mol. The molecule has 0 saturated carbocycles. The molecule has 0 unspecified atom stereocenters. The Balaban J connectivity index is 1.58. The van der Waals surface area contributed by atoms with Crippen molar-refractivity contribution in [3.63, 3.8) is 0 Å². The summed E-state index contributed by atoms with van der Waals surface area (Å²) in [5.41, 5.74) is 1.57. The molecule has 7 heteroatoms. The van der Waals surface area contributed by atoms with Gasteiger partial charge in [0.1, 0.15) is 5.75 Å². The van der Waals surface area contributed by atoms with Crippen molar-refractivity contribution in [2.45, 2.75) is 13.0 Å². The highest BCUT2D eigenvalue weighted by Gasteiger charge is 2.11. The maximum Gasteiger partial charge on any atom is 0.246 e. The highest BCUT2D eigenvalue weighted by atomic mass is 35.5. The molecule has 0 aliphatic rings. The van der Waals surface area contributed by atoms with E-state index in [1.807, 2.05) is 42.5 Å². The van der Waals surface area contributed by atoms with Crippen molar-refractivity contribution in [1.82, 2.24) is 15.5 Å². The minimum atomic E-state index is -0.169.